The summed E-state index contributed by atoms with van der Waals surface area (Å²) in [5, 5.41) is 0. The normalized spacial score (nSPS) is 15.2. The fraction of sp³-hybridized carbons (Fsp3) is 1.00. The third kappa shape index (κ3) is 28.9. The Hall–Kier alpha value is 0.628. The molecule has 0 aromatic rings. The van der Waals surface area contributed by atoms with Gasteiger partial charge in [0.15, 0.2) is 39.1 Å². The van der Waals surface area contributed by atoms with Gasteiger partial charge in [-0.1, -0.05) is 14.4 Å². The minimum Gasteiger partial charge on any atom is -0.410 e. The summed E-state index contributed by atoms with van der Waals surface area (Å²) in [6.07, 6.45) is 0.993. The highest BCUT2D eigenvalue weighted by Gasteiger charge is 2.36. The van der Waals surface area contributed by atoms with E-state index in [4.69, 9.17) is 27.2 Å². The zero-order chi connectivity index (χ0) is 26.8. The highest BCUT2D eigenvalue weighted by atomic mass is 28.4. The smallest absolute Gasteiger partial charge is 0.187 e. The van der Waals surface area contributed by atoms with E-state index in [-0.39, 0.29) is 13.0 Å². The Kier molecular flexibility index (Phi) is 18.2. The molecule has 0 spiro atoms. The van der Waals surface area contributed by atoms with E-state index in [1.54, 1.807) is 0 Å². The lowest BCUT2D eigenvalue weighted by atomic mass is 10.1. The first-order chi connectivity index (χ1) is 14.4. The summed E-state index contributed by atoms with van der Waals surface area (Å²) in [7, 11) is -6.06. The van der Waals surface area contributed by atoms with Crippen molar-refractivity contribution in [2.45, 2.75) is 131 Å². The summed E-state index contributed by atoms with van der Waals surface area (Å²) in [6.45, 7) is 36.5. The third-order valence-corrected chi connectivity index (χ3v) is 7.70. The highest BCUT2D eigenvalue weighted by Crippen LogP contribution is 2.25. The quantitative estimate of drug-likeness (QED) is 0.116. The van der Waals surface area contributed by atoms with Crippen LogP contribution in [0.1, 0.15) is 41.5 Å². The van der Waals surface area contributed by atoms with Gasteiger partial charge in [-0.05, 0) is 106 Å². The molecule has 1 atom stereocenters. The number of hydrogen-bond acceptors (Lipinski definition) is 6. The van der Waals surface area contributed by atoms with E-state index in [0.29, 0.717) is 20.0 Å². The Morgan fingerprint density at radius 1 is 0.588 bits per heavy atom. The average Bonchev–Trinajstić information content (AvgIpc) is 2.47. The van der Waals surface area contributed by atoms with E-state index in [9.17, 15) is 0 Å². The lowest BCUT2D eigenvalue weighted by Crippen LogP contribution is -2.50. The van der Waals surface area contributed by atoms with Crippen LogP contribution in [0.5, 0.6) is 0 Å². The molecule has 0 aromatic carbocycles. The number of hydrogen-bond donors (Lipinski definition) is 0. The lowest BCUT2D eigenvalue weighted by molar-refractivity contribution is -0.225. The minimum absolute atomic E-state index is 0. The zero-order valence-corrected chi connectivity index (χ0v) is 29.0. The van der Waals surface area contributed by atoms with Crippen LogP contribution >= 0.6 is 0 Å². The van der Waals surface area contributed by atoms with Gasteiger partial charge in [0.25, 0.3) is 0 Å². The van der Waals surface area contributed by atoms with Crippen molar-refractivity contribution >= 4 is 33.3 Å². The van der Waals surface area contributed by atoms with E-state index in [1.165, 1.54) is 0 Å². The molecule has 6 nitrogen and oxygen atoms in total. The van der Waals surface area contributed by atoms with Crippen LogP contribution in [0.3, 0.4) is 0 Å². The first-order valence-electron chi connectivity index (χ1n) is 12.3. The summed E-state index contributed by atoms with van der Waals surface area (Å²) < 4.78 is 35.4. The molecule has 0 fully saturated rings. The SMILES string of the molecule is C.CCCOCC(C)(OCC(C)(C)O[Si](C)(C)C)O[Si](C)(C)C.C[Si](C)(C)OCO[Si](C)(C)C. The van der Waals surface area contributed by atoms with Gasteiger partial charge in [-0.15, -0.1) is 0 Å². The molecule has 0 aliphatic rings. The van der Waals surface area contributed by atoms with Gasteiger partial charge < -0.3 is 27.2 Å². The molecule has 0 aliphatic carbocycles. The summed E-state index contributed by atoms with van der Waals surface area (Å²) in [4.78, 5) is 0. The van der Waals surface area contributed by atoms with Crippen molar-refractivity contribution in [3.8, 4) is 0 Å². The second-order valence-electron chi connectivity index (χ2n) is 13.3. The van der Waals surface area contributed by atoms with Crippen LogP contribution in [0.25, 0.3) is 0 Å². The highest BCUT2D eigenvalue weighted by molar-refractivity contribution is 6.71. The topological polar surface area (TPSA) is 55.4 Å². The standard InChI is InChI=1S/C16H38O4Si2.C7H20O2Si2.CH4/c1-11-12-17-14-16(4,20-22(8,9)10)18-13-15(2,3)19-21(5,6)7;1-10(2,3)8-7-9-11(4,5)6;/h11-14H2,1-10H3;7H2,1-6H3;1H4. The molecule has 0 amide bonds. The van der Waals surface area contributed by atoms with Crippen molar-refractivity contribution in [3.05, 3.63) is 0 Å². The Labute approximate surface area is 218 Å². The Bertz CT molecular complexity index is 506. The summed E-state index contributed by atoms with van der Waals surface area (Å²) in [5.74, 6) is -0.709. The largest absolute Gasteiger partial charge is 0.410 e. The maximum atomic E-state index is 6.24. The molecule has 0 aromatic heterocycles. The number of ether oxygens (including phenoxy) is 2. The second kappa shape index (κ2) is 15.8. The zero-order valence-electron chi connectivity index (χ0n) is 25.0. The van der Waals surface area contributed by atoms with Crippen LogP contribution < -0.4 is 0 Å². The average molecular weight is 559 g/mol. The van der Waals surface area contributed by atoms with Crippen molar-refractivity contribution in [2.75, 3.05) is 26.6 Å². The van der Waals surface area contributed by atoms with Crippen LogP contribution in [0.4, 0.5) is 0 Å². The van der Waals surface area contributed by atoms with Crippen LogP contribution in [0.2, 0.25) is 78.6 Å². The van der Waals surface area contributed by atoms with Gasteiger partial charge in [0.05, 0.1) is 18.8 Å². The maximum absolute atomic E-state index is 6.24. The minimum atomic E-state index is -1.73. The van der Waals surface area contributed by atoms with Crippen LogP contribution in [0, 0.1) is 0 Å². The molecule has 0 rings (SSSR count). The second-order valence-corrected chi connectivity index (χ2v) is 31.2. The molecule has 34 heavy (non-hydrogen) atoms. The molecule has 10 heteroatoms. The molecule has 0 bridgehead atoms. The predicted octanol–water partition coefficient (Wildman–Crippen LogP) is 7.91. The lowest BCUT2D eigenvalue weighted by Gasteiger charge is -2.40. The van der Waals surface area contributed by atoms with Crippen molar-refractivity contribution in [1.29, 1.82) is 0 Å². The molecule has 0 aliphatic heterocycles. The third-order valence-electron chi connectivity index (χ3n) is 3.53. The van der Waals surface area contributed by atoms with E-state index in [2.05, 4.69) is 99.3 Å². The Morgan fingerprint density at radius 3 is 1.32 bits per heavy atom. The fourth-order valence-electron chi connectivity index (χ4n) is 2.72. The van der Waals surface area contributed by atoms with Gasteiger partial charge >= 0.3 is 0 Å². The fourth-order valence-corrected chi connectivity index (χ4v) is 6.79. The Balaban J connectivity index is -0.000000677. The molecule has 0 N–H and O–H groups in total. The number of rotatable bonds is 15. The van der Waals surface area contributed by atoms with E-state index >= 15 is 0 Å². The molecule has 0 saturated carbocycles. The van der Waals surface area contributed by atoms with Crippen LogP contribution in [-0.4, -0.2) is 71.3 Å². The molecular weight excluding hydrogens is 497 g/mol. The molecular formula is C24H62O6Si4. The molecule has 0 heterocycles. The van der Waals surface area contributed by atoms with Crippen molar-refractivity contribution < 1.29 is 27.2 Å². The van der Waals surface area contributed by atoms with Gasteiger partial charge in [-0.25, -0.2) is 0 Å². The van der Waals surface area contributed by atoms with E-state index in [0.717, 1.165) is 13.0 Å². The first kappa shape index (κ1) is 39.1. The van der Waals surface area contributed by atoms with Gasteiger partial charge in [0.1, 0.15) is 6.79 Å². The maximum Gasteiger partial charge on any atom is 0.187 e. The van der Waals surface area contributed by atoms with Crippen molar-refractivity contribution in [3.63, 3.8) is 0 Å². The molecule has 210 valence electrons. The van der Waals surface area contributed by atoms with Crippen molar-refractivity contribution in [2.24, 2.45) is 0 Å². The summed E-state index contributed by atoms with van der Waals surface area (Å²) in [6, 6.07) is 0. The van der Waals surface area contributed by atoms with Gasteiger partial charge in [-0.3, -0.25) is 0 Å². The van der Waals surface area contributed by atoms with Crippen LogP contribution in [-0.2, 0) is 27.2 Å². The van der Waals surface area contributed by atoms with Crippen LogP contribution in [0.15, 0.2) is 0 Å². The van der Waals surface area contributed by atoms with E-state index in [1.807, 2.05) is 6.92 Å². The molecule has 0 radical (unpaired) electrons. The monoisotopic (exact) mass is 558 g/mol. The molecule has 1 unspecified atom stereocenters. The van der Waals surface area contributed by atoms with Gasteiger partial charge in [0, 0.05) is 6.61 Å². The molecule has 0 saturated heterocycles. The van der Waals surface area contributed by atoms with Crippen molar-refractivity contribution in [1.82, 2.24) is 0 Å². The summed E-state index contributed by atoms with van der Waals surface area (Å²) in [5.41, 5.74) is -0.320. The first-order valence-corrected chi connectivity index (χ1v) is 25.9. The van der Waals surface area contributed by atoms with E-state index < -0.39 is 39.1 Å². The predicted molar refractivity (Wildman–Crippen MR) is 159 cm³/mol. The van der Waals surface area contributed by atoms with Gasteiger partial charge in [-0.2, -0.15) is 0 Å². The van der Waals surface area contributed by atoms with Gasteiger partial charge in [0.2, 0.25) is 0 Å². The summed E-state index contributed by atoms with van der Waals surface area (Å²) >= 11 is 0. The Morgan fingerprint density at radius 2 is 1.00 bits per heavy atom.